The predicted octanol–water partition coefficient (Wildman–Crippen LogP) is 1.11. The molecule has 1 aliphatic heterocycles. The summed E-state index contributed by atoms with van der Waals surface area (Å²) in [6.07, 6.45) is 1.68. The molecular weight excluding hydrogens is 222 g/mol. The van der Waals surface area contributed by atoms with E-state index in [4.69, 9.17) is 9.84 Å². The minimum atomic E-state index is -1.03. The normalized spacial score (nSPS) is 16.8. The van der Waals surface area contributed by atoms with Crippen molar-refractivity contribution >= 4 is 11.8 Å². The number of nitrogens with zero attached hydrogens (tertiary/aromatic N) is 2. The molecule has 1 aromatic heterocycles. The van der Waals surface area contributed by atoms with Gasteiger partial charge in [-0.15, -0.1) is 0 Å². The van der Waals surface area contributed by atoms with Crippen LogP contribution in [0.5, 0.6) is 0 Å². The molecule has 2 heterocycles. The number of aromatic carboxylic acids is 1. The van der Waals surface area contributed by atoms with Gasteiger partial charge in [-0.2, -0.15) is 0 Å². The summed E-state index contributed by atoms with van der Waals surface area (Å²) >= 11 is 0. The molecule has 6 heteroatoms. The number of hydrogen-bond donors (Lipinski definition) is 2. The zero-order valence-corrected chi connectivity index (χ0v) is 9.64. The van der Waals surface area contributed by atoms with Crippen LogP contribution in [0.15, 0.2) is 6.07 Å². The number of carboxylic acids is 1. The molecule has 6 nitrogen and oxygen atoms in total. The first-order chi connectivity index (χ1) is 8.20. The lowest BCUT2D eigenvalue weighted by molar-refractivity contribution is 0.0688. The number of ether oxygens (including phenoxy) is 1. The maximum absolute atomic E-state index is 11.0. The Hall–Kier alpha value is -1.69. The zero-order chi connectivity index (χ0) is 12.3. The van der Waals surface area contributed by atoms with Crippen molar-refractivity contribution in [2.45, 2.75) is 18.8 Å². The maximum atomic E-state index is 11.0. The first kappa shape index (κ1) is 11.8. The van der Waals surface area contributed by atoms with E-state index in [-0.39, 0.29) is 11.6 Å². The average Bonchev–Trinajstić information content (AvgIpc) is 2.39. The minimum absolute atomic E-state index is 0.0332. The predicted molar refractivity (Wildman–Crippen MR) is 61.3 cm³/mol. The highest BCUT2D eigenvalue weighted by Gasteiger charge is 2.21. The average molecular weight is 237 g/mol. The Morgan fingerprint density at radius 3 is 2.76 bits per heavy atom. The minimum Gasteiger partial charge on any atom is -0.477 e. The SMILES string of the molecule is CNc1cc(C(=O)O)nc(C2CCOCC2)n1. The molecule has 92 valence electrons. The van der Waals surface area contributed by atoms with Crippen LogP contribution in [-0.4, -0.2) is 41.3 Å². The number of rotatable bonds is 3. The molecule has 2 rings (SSSR count). The Bertz CT molecular complexity index is 416. The highest BCUT2D eigenvalue weighted by Crippen LogP contribution is 2.25. The van der Waals surface area contributed by atoms with E-state index in [1.807, 2.05) is 0 Å². The summed E-state index contributed by atoms with van der Waals surface area (Å²) in [5.74, 6) is 0.295. The Labute approximate surface area is 99.0 Å². The molecule has 0 bridgehead atoms. The van der Waals surface area contributed by atoms with E-state index in [1.54, 1.807) is 7.05 Å². The second-order valence-electron chi connectivity index (χ2n) is 3.94. The second-order valence-corrected chi connectivity index (χ2v) is 3.94. The molecule has 0 radical (unpaired) electrons. The topological polar surface area (TPSA) is 84.3 Å². The number of carboxylic acid groups (broad SMARTS) is 1. The highest BCUT2D eigenvalue weighted by atomic mass is 16.5. The molecule has 1 aromatic rings. The molecule has 1 saturated heterocycles. The highest BCUT2D eigenvalue weighted by molar-refractivity contribution is 5.86. The van der Waals surface area contributed by atoms with Crippen molar-refractivity contribution in [3.8, 4) is 0 Å². The van der Waals surface area contributed by atoms with Crippen molar-refractivity contribution in [1.82, 2.24) is 9.97 Å². The Morgan fingerprint density at radius 2 is 2.18 bits per heavy atom. The molecule has 0 saturated carbocycles. The molecule has 17 heavy (non-hydrogen) atoms. The van der Waals surface area contributed by atoms with E-state index in [1.165, 1.54) is 6.07 Å². The Morgan fingerprint density at radius 1 is 1.47 bits per heavy atom. The van der Waals surface area contributed by atoms with Crippen LogP contribution >= 0.6 is 0 Å². The first-order valence-corrected chi connectivity index (χ1v) is 5.58. The van der Waals surface area contributed by atoms with Crippen molar-refractivity contribution in [1.29, 1.82) is 0 Å². The van der Waals surface area contributed by atoms with Gasteiger partial charge in [-0.05, 0) is 12.8 Å². The lowest BCUT2D eigenvalue weighted by Gasteiger charge is -2.21. The smallest absolute Gasteiger partial charge is 0.354 e. The summed E-state index contributed by atoms with van der Waals surface area (Å²) in [6.45, 7) is 1.36. The van der Waals surface area contributed by atoms with Crippen molar-refractivity contribution in [2.75, 3.05) is 25.6 Å². The summed E-state index contributed by atoms with van der Waals surface area (Å²) < 4.78 is 5.27. The summed E-state index contributed by atoms with van der Waals surface area (Å²) in [4.78, 5) is 19.4. The van der Waals surface area contributed by atoms with E-state index in [9.17, 15) is 4.79 Å². The monoisotopic (exact) mass is 237 g/mol. The number of hydrogen-bond acceptors (Lipinski definition) is 5. The summed E-state index contributed by atoms with van der Waals surface area (Å²) in [5, 5.41) is 11.8. The molecule has 0 spiro atoms. The molecule has 1 aliphatic rings. The van der Waals surface area contributed by atoms with Crippen molar-refractivity contribution in [3.63, 3.8) is 0 Å². The fourth-order valence-corrected chi connectivity index (χ4v) is 1.84. The van der Waals surface area contributed by atoms with Gasteiger partial charge in [0.1, 0.15) is 11.6 Å². The summed E-state index contributed by atoms with van der Waals surface area (Å²) in [6, 6.07) is 1.44. The molecular formula is C11H15N3O3. The van der Waals surface area contributed by atoms with Crippen LogP contribution in [0.3, 0.4) is 0 Å². The second kappa shape index (κ2) is 5.09. The maximum Gasteiger partial charge on any atom is 0.354 e. The third kappa shape index (κ3) is 2.71. The quantitative estimate of drug-likeness (QED) is 0.819. The van der Waals surface area contributed by atoms with Crippen LogP contribution in [0, 0.1) is 0 Å². The van der Waals surface area contributed by atoms with Gasteiger partial charge in [0.05, 0.1) is 0 Å². The largest absolute Gasteiger partial charge is 0.477 e. The standard InChI is InChI=1S/C11H15N3O3/c1-12-9-6-8(11(15)16)13-10(14-9)7-2-4-17-5-3-7/h6-7H,2-5H2,1H3,(H,15,16)(H,12,13,14). The third-order valence-electron chi connectivity index (χ3n) is 2.81. The van der Waals surface area contributed by atoms with E-state index in [0.29, 0.717) is 24.9 Å². The summed E-state index contributed by atoms with van der Waals surface area (Å²) in [5.41, 5.74) is 0.0332. The van der Waals surface area contributed by atoms with Gasteiger partial charge in [0, 0.05) is 32.2 Å². The zero-order valence-electron chi connectivity index (χ0n) is 9.64. The van der Waals surface area contributed by atoms with E-state index >= 15 is 0 Å². The molecule has 0 aromatic carbocycles. The van der Waals surface area contributed by atoms with Gasteiger partial charge in [0.15, 0.2) is 5.69 Å². The van der Waals surface area contributed by atoms with Crippen LogP contribution in [0.25, 0.3) is 0 Å². The van der Waals surface area contributed by atoms with Crippen LogP contribution in [0.2, 0.25) is 0 Å². The van der Waals surface area contributed by atoms with Gasteiger partial charge in [-0.3, -0.25) is 0 Å². The van der Waals surface area contributed by atoms with E-state index in [2.05, 4.69) is 15.3 Å². The van der Waals surface area contributed by atoms with Gasteiger partial charge in [0.2, 0.25) is 0 Å². The lowest BCUT2D eigenvalue weighted by atomic mass is 9.99. The van der Waals surface area contributed by atoms with Crippen molar-refractivity contribution < 1.29 is 14.6 Å². The Kier molecular flexibility index (Phi) is 3.53. The number of aromatic nitrogens is 2. The van der Waals surface area contributed by atoms with Crippen molar-refractivity contribution in [2.24, 2.45) is 0 Å². The number of nitrogens with one attached hydrogen (secondary N) is 1. The van der Waals surface area contributed by atoms with Gasteiger partial charge in [0.25, 0.3) is 0 Å². The first-order valence-electron chi connectivity index (χ1n) is 5.58. The van der Waals surface area contributed by atoms with E-state index in [0.717, 1.165) is 12.8 Å². The fourth-order valence-electron chi connectivity index (χ4n) is 1.84. The molecule has 0 atom stereocenters. The number of carbonyl (C=O) groups is 1. The summed E-state index contributed by atoms with van der Waals surface area (Å²) in [7, 11) is 1.71. The lowest BCUT2D eigenvalue weighted by Crippen LogP contribution is -2.18. The molecule has 0 amide bonds. The third-order valence-corrected chi connectivity index (χ3v) is 2.81. The van der Waals surface area contributed by atoms with Gasteiger partial charge >= 0.3 is 5.97 Å². The van der Waals surface area contributed by atoms with E-state index < -0.39 is 5.97 Å². The van der Waals surface area contributed by atoms with Gasteiger partial charge < -0.3 is 15.2 Å². The fraction of sp³-hybridized carbons (Fsp3) is 0.545. The molecule has 0 aliphatic carbocycles. The van der Waals surface area contributed by atoms with Crippen LogP contribution in [0.4, 0.5) is 5.82 Å². The van der Waals surface area contributed by atoms with Gasteiger partial charge in [-0.1, -0.05) is 0 Å². The van der Waals surface area contributed by atoms with Crippen LogP contribution in [-0.2, 0) is 4.74 Å². The Balaban J connectivity index is 2.31. The van der Waals surface area contributed by atoms with Gasteiger partial charge in [-0.25, -0.2) is 14.8 Å². The molecule has 1 fully saturated rings. The van der Waals surface area contributed by atoms with Crippen LogP contribution < -0.4 is 5.32 Å². The van der Waals surface area contributed by atoms with Crippen LogP contribution in [0.1, 0.15) is 35.1 Å². The molecule has 0 unspecified atom stereocenters. The number of anilines is 1. The molecule has 2 N–H and O–H groups in total. The van der Waals surface area contributed by atoms with Crippen molar-refractivity contribution in [3.05, 3.63) is 17.6 Å².